The van der Waals surface area contributed by atoms with Crippen LogP contribution in [-0.4, -0.2) is 16.7 Å². The number of carbonyl (C=O) groups excluding carboxylic acids is 2. The Bertz CT molecular complexity index is 523. The SMILES string of the molecule is CC(C)(C)/C=C1/CC(=O)N(Cc2ccccc2)C1=O. The van der Waals surface area contributed by atoms with Gasteiger partial charge in [-0.1, -0.05) is 57.2 Å². The Kier molecular flexibility index (Phi) is 3.56. The number of hydrogen-bond donors (Lipinski definition) is 0. The lowest BCUT2D eigenvalue weighted by molar-refractivity contribution is -0.138. The molecule has 0 atom stereocenters. The molecule has 1 saturated heterocycles. The first-order valence-corrected chi connectivity index (χ1v) is 6.47. The lowest BCUT2D eigenvalue weighted by atomic mass is 9.93. The normalized spacial score (nSPS) is 18.5. The van der Waals surface area contributed by atoms with E-state index < -0.39 is 0 Å². The number of hydrogen-bond acceptors (Lipinski definition) is 2. The topological polar surface area (TPSA) is 37.4 Å². The molecule has 1 aromatic carbocycles. The first kappa shape index (κ1) is 13.5. The fourth-order valence-electron chi connectivity index (χ4n) is 2.18. The van der Waals surface area contributed by atoms with Crippen molar-refractivity contribution in [3.05, 3.63) is 47.5 Å². The Morgan fingerprint density at radius 2 is 1.79 bits per heavy atom. The molecular weight excluding hydrogens is 238 g/mol. The third-order valence-electron chi connectivity index (χ3n) is 2.95. The van der Waals surface area contributed by atoms with Crippen molar-refractivity contribution in [1.82, 2.24) is 4.90 Å². The van der Waals surface area contributed by atoms with Crippen LogP contribution in [0.3, 0.4) is 0 Å². The zero-order chi connectivity index (χ0) is 14.0. The molecule has 3 nitrogen and oxygen atoms in total. The molecule has 0 saturated carbocycles. The second-order valence-electron chi connectivity index (χ2n) is 5.98. The Labute approximate surface area is 113 Å². The zero-order valence-electron chi connectivity index (χ0n) is 11.6. The minimum absolute atomic E-state index is 0.0893. The number of imide groups is 1. The Hall–Kier alpha value is -1.90. The van der Waals surface area contributed by atoms with Crippen LogP contribution in [0.1, 0.15) is 32.8 Å². The number of rotatable bonds is 2. The van der Waals surface area contributed by atoms with Crippen molar-refractivity contribution < 1.29 is 9.59 Å². The van der Waals surface area contributed by atoms with Gasteiger partial charge in [0.25, 0.3) is 5.91 Å². The van der Waals surface area contributed by atoms with Gasteiger partial charge < -0.3 is 0 Å². The maximum absolute atomic E-state index is 12.2. The summed E-state index contributed by atoms with van der Waals surface area (Å²) >= 11 is 0. The van der Waals surface area contributed by atoms with E-state index in [1.165, 1.54) is 4.90 Å². The monoisotopic (exact) mass is 257 g/mol. The van der Waals surface area contributed by atoms with Crippen LogP contribution in [0.25, 0.3) is 0 Å². The average Bonchev–Trinajstić information content (AvgIpc) is 2.56. The Balaban J connectivity index is 2.18. The summed E-state index contributed by atoms with van der Waals surface area (Å²) in [6.45, 7) is 6.44. The van der Waals surface area contributed by atoms with Gasteiger partial charge in [0.1, 0.15) is 0 Å². The highest BCUT2D eigenvalue weighted by Gasteiger charge is 2.34. The molecule has 1 aliphatic rings. The van der Waals surface area contributed by atoms with Crippen LogP contribution in [0.4, 0.5) is 0 Å². The summed E-state index contributed by atoms with van der Waals surface area (Å²) in [6.07, 6.45) is 2.13. The molecule has 19 heavy (non-hydrogen) atoms. The molecule has 100 valence electrons. The summed E-state index contributed by atoms with van der Waals surface area (Å²) in [5.41, 5.74) is 1.50. The van der Waals surface area contributed by atoms with Crippen LogP contribution in [0.15, 0.2) is 42.0 Å². The van der Waals surface area contributed by atoms with Crippen molar-refractivity contribution in [2.75, 3.05) is 0 Å². The molecule has 1 heterocycles. The second-order valence-corrected chi connectivity index (χ2v) is 5.98. The number of nitrogens with zero attached hydrogens (tertiary/aromatic N) is 1. The standard InChI is InChI=1S/C16H19NO2/c1-16(2,3)10-13-9-14(18)17(15(13)19)11-12-7-5-4-6-8-12/h4-8,10H,9,11H2,1-3H3/b13-10-. The van der Waals surface area contributed by atoms with E-state index in [1.807, 2.05) is 57.2 Å². The van der Waals surface area contributed by atoms with E-state index in [0.29, 0.717) is 12.1 Å². The highest BCUT2D eigenvalue weighted by Crippen LogP contribution is 2.26. The van der Waals surface area contributed by atoms with Crippen molar-refractivity contribution in [3.8, 4) is 0 Å². The van der Waals surface area contributed by atoms with Crippen LogP contribution in [0, 0.1) is 5.41 Å². The molecule has 0 unspecified atom stereocenters. The van der Waals surface area contributed by atoms with Crippen molar-refractivity contribution in [3.63, 3.8) is 0 Å². The van der Waals surface area contributed by atoms with Crippen LogP contribution in [-0.2, 0) is 16.1 Å². The summed E-state index contributed by atoms with van der Waals surface area (Å²) in [7, 11) is 0. The van der Waals surface area contributed by atoms with Crippen molar-refractivity contribution in [1.29, 1.82) is 0 Å². The van der Waals surface area contributed by atoms with E-state index in [4.69, 9.17) is 0 Å². The minimum Gasteiger partial charge on any atom is -0.274 e. The molecule has 0 radical (unpaired) electrons. The van der Waals surface area contributed by atoms with Gasteiger partial charge >= 0.3 is 0 Å². The molecule has 2 amide bonds. The molecular formula is C16H19NO2. The third-order valence-corrected chi connectivity index (χ3v) is 2.95. The van der Waals surface area contributed by atoms with Gasteiger partial charge in [0.15, 0.2) is 0 Å². The van der Waals surface area contributed by atoms with Gasteiger partial charge in [0, 0.05) is 5.57 Å². The van der Waals surface area contributed by atoms with Crippen LogP contribution < -0.4 is 0 Å². The van der Waals surface area contributed by atoms with E-state index >= 15 is 0 Å². The molecule has 0 N–H and O–H groups in total. The second kappa shape index (κ2) is 5.00. The Morgan fingerprint density at radius 3 is 2.37 bits per heavy atom. The lowest BCUT2D eigenvalue weighted by Gasteiger charge is -2.15. The molecule has 1 aliphatic heterocycles. The number of benzene rings is 1. The molecule has 1 aromatic rings. The van der Waals surface area contributed by atoms with E-state index in [-0.39, 0.29) is 23.7 Å². The third kappa shape index (κ3) is 3.31. The Morgan fingerprint density at radius 1 is 1.16 bits per heavy atom. The van der Waals surface area contributed by atoms with E-state index in [1.54, 1.807) is 0 Å². The minimum atomic E-state index is -0.149. The fourth-order valence-corrected chi connectivity index (χ4v) is 2.18. The predicted molar refractivity (Wildman–Crippen MR) is 74.2 cm³/mol. The van der Waals surface area contributed by atoms with Gasteiger partial charge in [-0.25, -0.2) is 0 Å². The molecule has 1 fully saturated rings. The van der Waals surface area contributed by atoms with Gasteiger partial charge in [-0.15, -0.1) is 0 Å². The van der Waals surface area contributed by atoms with Gasteiger partial charge in [0.05, 0.1) is 13.0 Å². The maximum atomic E-state index is 12.2. The first-order valence-electron chi connectivity index (χ1n) is 6.47. The van der Waals surface area contributed by atoms with E-state index in [9.17, 15) is 9.59 Å². The molecule has 0 spiro atoms. The van der Waals surface area contributed by atoms with Gasteiger partial charge in [-0.2, -0.15) is 0 Å². The van der Waals surface area contributed by atoms with Gasteiger partial charge in [0.2, 0.25) is 5.91 Å². The summed E-state index contributed by atoms with van der Waals surface area (Å²) in [5.74, 6) is -0.256. The maximum Gasteiger partial charge on any atom is 0.256 e. The van der Waals surface area contributed by atoms with E-state index in [0.717, 1.165) is 5.56 Å². The molecule has 2 rings (SSSR count). The van der Waals surface area contributed by atoms with E-state index in [2.05, 4.69) is 0 Å². The zero-order valence-corrected chi connectivity index (χ0v) is 11.6. The molecule has 3 heteroatoms. The summed E-state index contributed by atoms with van der Waals surface area (Å²) < 4.78 is 0. The van der Waals surface area contributed by atoms with Crippen LogP contribution in [0.2, 0.25) is 0 Å². The average molecular weight is 257 g/mol. The summed E-state index contributed by atoms with van der Waals surface area (Å²) in [5, 5.41) is 0. The van der Waals surface area contributed by atoms with Gasteiger partial charge in [-0.3, -0.25) is 14.5 Å². The van der Waals surface area contributed by atoms with Crippen molar-refractivity contribution >= 4 is 11.8 Å². The number of amides is 2. The largest absolute Gasteiger partial charge is 0.274 e. The summed E-state index contributed by atoms with van der Waals surface area (Å²) in [4.78, 5) is 25.5. The lowest BCUT2D eigenvalue weighted by Crippen LogP contribution is -2.28. The smallest absolute Gasteiger partial charge is 0.256 e. The number of carbonyl (C=O) groups is 2. The first-order chi connectivity index (χ1) is 8.87. The molecule has 0 bridgehead atoms. The highest BCUT2D eigenvalue weighted by molar-refractivity contribution is 6.13. The summed E-state index contributed by atoms with van der Waals surface area (Å²) in [6, 6.07) is 9.58. The highest BCUT2D eigenvalue weighted by atomic mass is 16.2. The van der Waals surface area contributed by atoms with Crippen LogP contribution >= 0.6 is 0 Å². The quantitative estimate of drug-likeness (QED) is 0.603. The van der Waals surface area contributed by atoms with Crippen molar-refractivity contribution in [2.24, 2.45) is 5.41 Å². The molecule has 0 aliphatic carbocycles. The van der Waals surface area contributed by atoms with Crippen LogP contribution in [0.5, 0.6) is 0 Å². The predicted octanol–water partition coefficient (Wildman–Crippen LogP) is 2.92. The number of likely N-dealkylation sites (tertiary alicyclic amines) is 1. The van der Waals surface area contributed by atoms with Gasteiger partial charge in [-0.05, 0) is 11.0 Å². The number of allylic oxidation sites excluding steroid dienone is 1. The molecule has 0 aromatic heterocycles. The van der Waals surface area contributed by atoms with Crippen molar-refractivity contribution in [2.45, 2.75) is 33.7 Å². The fraction of sp³-hybridized carbons (Fsp3) is 0.375.